The third-order valence-corrected chi connectivity index (χ3v) is 4.25. The van der Waals surface area contributed by atoms with Crippen LogP contribution in [0.15, 0.2) is 0 Å². The van der Waals surface area contributed by atoms with Gasteiger partial charge >= 0.3 is 5.97 Å². The summed E-state index contributed by atoms with van der Waals surface area (Å²) < 4.78 is 5.05. The van der Waals surface area contributed by atoms with Crippen molar-refractivity contribution in [2.45, 2.75) is 52.5 Å². The number of carbonyl (C=O) groups excluding carboxylic acids is 1. The standard InChI is InChI=1S/C14H22N2O2S/c1-4-6-9-16(11-7-8-11)14-15-12(10(3)19-14)13(17)18-5-2/h11H,4-9H2,1-3H3. The molecule has 0 aliphatic heterocycles. The quantitative estimate of drug-likeness (QED) is 0.719. The van der Waals surface area contributed by atoms with E-state index in [1.807, 2.05) is 13.8 Å². The lowest BCUT2D eigenvalue weighted by molar-refractivity contribution is 0.0519. The van der Waals surface area contributed by atoms with Crippen molar-refractivity contribution in [3.8, 4) is 0 Å². The highest BCUT2D eigenvalue weighted by Gasteiger charge is 2.31. The maximum Gasteiger partial charge on any atom is 0.358 e. The monoisotopic (exact) mass is 282 g/mol. The molecule has 1 aromatic rings. The highest BCUT2D eigenvalue weighted by Crippen LogP contribution is 2.35. The molecule has 106 valence electrons. The highest BCUT2D eigenvalue weighted by molar-refractivity contribution is 7.15. The van der Waals surface area contributed by atoms with E-state index in [4.69, 9.17) is 4.74 Å². The first kappa shape index (κ1) is 14.3. The van der Waals surface area contributed by atoms with Crippen LogP contribution >= 0.6 is 11.3 Å². The van der Waals surface area contributed by atoms with E-state index in [1.165, 1.54) is 25.7 Å². The van der Waals surface area contributed by atoms with Crippen molar-refractivity contribution >= 4 is 22.4 Å². The van der Waals surface area contributed by atoms with Gasteiger partial charge in [-0.05, 0) is 33.1 Å². The Hall–Kier alpha value is -1.10. The summed E-state index contributed by atoms with van der Waals surface area (Å²) in [4.78, 5) is 19.6. The van der Waals surface area contributed by atoms with E-state index in [9.17, 15) is 4.79 Å². The number of hydrogen-bond acceptors (Lipinski definition) is 5. The zero-order valence-corrected chi connectivity index (χ0v) is 12.8. The maximum absolute atomic E-state index is 11.8. The van der Waals surface area contributed by atoms with Crippen LogP contribution in [-0.4, -0.2) is 30.1 Å². The number of aryl methyl sites for hydroxylation is 1. The zero-order valence-electron chi connectivity index (χ0n) is 11.9. The molecule has 2 rings (SSSR count). The topological polar surface area (TPSA) is 42.4 Å². The van der Waals surface area contributed by atoms with E-state index >= 15 is 0 Å². The average molecular weight is 282 g/mol. The summed E-state index contributed by atoms with van der Waals surface area (Å²) in [7, 11) is 0. The van der Waals surface area contributed by atoms with Gasteiger partial charge in [-0.15, -0.1) is 11.3 Å². The molecule has 1 fully saturated rings. The molecule has 0 atom stereocenters. The van der Waals surface area contributed by atoms with Gasteiger partial charge < -0.3 is 9.64 Å². The molecular formula is C14H22N2O2S. The van der Waals surface area contributed by atoms with Gasteiger partial charge in [0.15, 0.2) is 10.8 Å². The van der Waals surface area contributed by atoms with Gasteiger partial charge in [-0.25, -0.2) is 9.78 Å². The predicted molar refractivity (Wildman–Crippen MR) is 78.1 cm³/mol. The Balaban J connectivity index is 2.14. The van der Waals surface area contributed by atoms with Gasteiger partial charge in [-0.1, -0.05) is 13.3 Å². The lowest BCUT2D eigenvalue weighted by atomic mass is 10.3. The predicted octanol–water partition coefficient (Wildman–Crippen LogP) is 3.40. The number of carbonyl (C=O) groups is 1. The van der Waals surface area contributed by atoms with Crippen molar-refractivity contribution in [2.75, 3.05) is 18.1 Å². The molecule has 0 amide bonds. The first-order valence-electron chi connectivity index (χ1n) is 7.08. The Morgan fingerprint density at radius 2 is 2.21 bits per heavy atom. The SMILES string of the molecule is CCCCN(c1nc(C(=O)OCC)c(C)s1)C1CC1. The largest absolute Gasteiger partial charge is 0.461 e. The van der Waals surface area contributed by atoms with Crippen molar-refractivity contribution in [3.63, 3.8) is 0 Å². The van der Waals surface area contributed by atoms with Gasteiger partial charge in [0, 0.05) is 17.5 Å². The number of thiazole rings is 1. The Kier molecular flexibility index (Phi) is 4.80. The van der Waals surface area contributed by atoms with E-state index in [-0.39, 0.29) is 5.97 Å². The molecular weight excluding hydrogens is 260 g/mol. The number of esters is 1. The molecule has 4 nitrogen and oxygen atoms in total. The Labute approximate surface area is 118 Å². The zero-order chi connectivity index (χ0) is 13.8. The van der Waals surface area contributed by atoms with Crippen LogP contribution in [-0.2, 0) is 4.74 Å². The third kappa shape index (κ3) is 3.47. The lowest BCUT2D eigenvalue weighted by Crippen LogP contribution is -2.26. The van der Waals surface area contributed by atoms with Crippen LogP contribution in [0.3, 0.4) is 0 Å². The van der Waals surface area contributed by atoms with Gasteiger partial charge in [-0.3, -0.25) is 0 Å². The summed E-state index contributed by atoms with van der Waals surface area (Å²) >= 11 is 1.61. The summed E-state index contributed by atoms with van der Waals surface area (Å²) in [6.45, 7) is 7.39. The number of rotatable bonds is 7. The second kappa shape index (κ2) is 6.37. The van der Waals surface area contributed by atoms with E-state index in [1.54, 1.807) is 11.3 Å². The first-order valence-corrected chi connectivity index (χ1v) is 7.90. The normalized spacial score (nSPS) is 14.5. The smallest absolute Gasteiger partial charge is 0.358 e. The fourth-order valence-corrected chi connectivity index (χ4v) is 3.04. The molecule has 1 heterocycles. The van der Waals surface area contributed by atoms with Crippen molar-refractivity contribution in [1.29, 1.82) is 0 Å². The van der Waals surface area contributed by atoms with E-state index in [2.05, 4.69) is 16.8 Å². The molecule has 0 aromatic carbocycles. The van der Waals surface area contributed by atoms with E-state index in [0.29, 0.717) is 18.3 Å². The van der Waals surface area contributed by atoms with Crippen LogP contribution in [0.25, 0.3) is 0 Å². The molecule has 1 aromatic heterocycles. The van der Waals surface area contributed by atoms with Gasteiger partial charge in [0.25, 0.3) is 0 Å². The number of hydrogen-bond donors (Lipinski definition) is 0. The molecule has 1 aliphatic carbocycles. The maximum atomic E-state index is 11.8. The minimum atomic E-state index is -0.297. The molecule has 0 saturated heterocycles. The van der Waals surface area contributed by atoms with Crippen LogP contribution in [0.2, 0.25) is 0 Å². The summed E-state index contributed by atoms with van der Waals surface area (Å²) in [5.41, 5.74) is 0.490. The molecule has 5 heteroatoms. The molecule has 1 saturated carbocycles. The Morgan fingerprint density at radius 1 is 1.47 bits per heavy atom. The second-order valence-corrected chi connectivity index (χ2v) is 6.08. The van der Waals surface area contributed by atoms with Crippen LogP contribution < -0.4 is 4.90 Å². The van der Waals surface area contributed by atoms with Gasteiger partial charge in [0.05, 0.1) is 6.61 Å². The van der Waals surface area contributed by atoms with Crippen LogP contribution in [0.5, 0.6) is 0 Å². The average Bonchev–Trinajstić information content (AvgIpc) is 3.13. The Bertz CT molecular complexity index is 441. The molecule has 0 N–H and O–H groups in total. The summed E-state index contributed by atoms with van der Waals surface area (Å²) in [5.74, 6) is -0.297. The molecule has 0 radical (unpaired) electrons. The van der Waals surface area contributed by atoms with Crippen molar-refractivity contribution in [3.05, 3.63) is 10.6 Å². The first-order chi connectivity index (χ1) is 9.17. The Morgan fingerprint density at radius 3 is 2.79 bits per heavy atom. The van der Waals surface area contributed by atoms with Crippen LogP contribution in [0, 0.1) is 6.92 Å². The molecule has 0 unspecified atom stereocenters. The fourth-order valence-electron chi connectivity index (χ4n) is 2.04. The number of nitrogens with zero attached hydrogens (tertiary/aromatic N) is 2. The van der Waals surface area contributed by atoms with Crippen molar-refractivity contribution < 1.29 is 9.53 Å². The molecule has 1 aliphatic rings. The van der Waals surface area contributed by atoms with E-state index in [0.717, 1.165) is 16.6 Å². The molecule has 19 heavy (non-hydrogen) atoms. The van der Waals surface area contributed by atoms with Gasteiger partial charge in [0.1, 0.15) is 0 Å². The van der Waals surface area contributed by atoms with Gasteiger partial charge in [-0.2, -0.15) is 0 Å². The molecule has 0 spiro atoms. The van der Waals surface area contributed by atoms with Gasteiger partial charge in [0.2, 0.25) is 0 Å². The minimum Gasteiger partial charge on any atom is -0.461 e. The second-order valence-electron chi connectivity index (χ2n) is 4.90. The highest BCUT2D eigenvalue weighted by atomic mass is 32.1. The fraction of sp³-hybridized carbons (Fsp3) is 0.714. The van der Waals surface area contributed by atoms with Crippen LogP contribution in [0.1, 0.15) is 54.9 Å². The lowest BCUT2D eigenvalue weighted by Gasteiger charge is -2.20. The number of unbranched alkanes of at least 4 members (excludes halogenated alkanes) is 1. The number of aromatic nitrogens is 1. The van der Waals surface area contributed by atoms with E-state index < -0.39 is 0 Å². The summed E-state index contributed by atoms with van der Waals surface area (Å²) in [6.07, 6.45) is 4.84. The van der Waals surface area contributed by atoms with Crippen LogP contribution in [0.4, 0.5) is 5.13 Å². The van der Waals surface area contributed by atoms with Crippen molar-refractivity contribution in [1.82, 2.24) is 4.98 Å². The number of anilines is 1. The summed E-state index contributed by atoms with van der Waals surface area (Å²) in [6, 6.07) is 0.632. The minimum absolute atomic E-state index is 0.297. The summed E-state index contributed by atoms with van der Waals surface area (Å²) in [5, 5.41) is 0.983. The van der Waals surface area contributed by atoms with Crippen molar-refractivity contribution in [2.24, 2.45) is 0 Å². The third-order valence-electron chi connectivity index (χ3n) is 3.24. The number of ether oxygens (including phenoxy) is 1. The molecule has 0 bridgehead atoms.